The van der Waals surface area contributed by atoms with Gasteiger partial charge in [0.15, 0.2) is 11.5 Å². The number of methoxy groups -OCH3 is 1. The SMILES string of the molecule is CCC(CC)Oc1cc2c(Nc3cc(-c4ccco4)ccc3OC3CCOC3)ncnc2cc1OC. The van der Waals surface area contributed by atoms with Gasteiger partial charge in [0.05, 0.1) is 43.9 Å². The number of hydrogen-bond acceptors (Lipinski definition) is 8. The molecule has 5 rings (SSSR count). The van der Waals surface area contributed by atoms with Gasteiger partial charge in [0, 0.05) is 23.4 Å². The van der Waals surface area contributed by atoms with Crippen LogP contribution in [0.15, 0.2) is 59.5 Å². The summed E-state index contributed by atoms with van der Waals surface area (Å²) in [6.07, 6.45) is 5.95. The van der Waals surface area contributed by atoms with Gasteiger partial charge in [0.1, 0.15) is 29.8 Å². The highest BCUT2D eigenvalue weighted by Crippen LogP contribution is 2.38. The minimum atomic E-state index is 0.00596. The zero-order valence-corrected chi connectivity index (χ0v) is 20.8. The van der Waals surface area contributed by atoms with Crippen molar-refractivity contribution in [3.63, 3.8) is 0 Å². The van der Waals surface area contributed by atoms with Crippen molar-refractivity contribution >= 4 is 22.4 Å². The lowest BCUT2D eigenvalue weighted by atomic mass is 10.1. The molecule has 0 aliphatic carbocycles. The Morgan fingerprint density at radius 1 is 1.06 bits per heavy atom. The lowest BCUT2D eigenvalue weighted by Gasteiger charge is -2.20. The van der Waals surface area contributed by atoms with Gasteiger partial charge in [-0.25, -0.2) is 9.97 Å². The third kappa shape index (κ3) is 5.09. The van der Waals surface area contributed by atoms with Crippen molar-refractivity contribution in [2.75, 3.05) is 25.6 Å². The van der Waals surface area contributed by atoms with Gasteiger partial charge in [-0.05, 0) is 49.2 Å². The van der Waals surface area contributed by atoms with Crippen LogP contribution in [0.1, 0.15) is 33.1 Å². The number of furan rings is 1. The molecule has 1 aliphatic rings. The van der Waals surface area contributed by atoms with Crippen LogP contribution >= 0.6 is 0 Å². The van der Waals surface area contributed by atoms with E-state index >= 15 is 0 Å². The second kappa shape index (κ2) is 10.9. The number of hydrogen-bond donors (Lipinski definition) is 1. The summed E-state index contributed by atoms with van der Waals surface area (Å²) in [5.41, 5.74) is 2.44. The van der Waals surface area contributed by atoms with Gasteiger partial charge in [-0.1, -0.05) is 13.8 Å². The number of nitrogens with one attached hydrogen (secondary N) is 1. The van der Waals surface area contributed by atoms with Gasteiger partial charge in [0.2, 0.25) is 0 Å². The Kier molecular flexibility index (Phi) is 7.23. The zero-order valence-electron chi connectivity index (χ0n) is 20.8. The number of rotatable bonds is 10. The van der Waals surface area contributed by atoms with Crippen molar-refractivity contribution in [2.24, 2.45) is 0 Å². The third-order valence-corrected chi connectivity index (χ3v) is 6.34. The summed E-state index contributed by atoms with van der Waals surface area (Å²) >= 11 is 0. The monoisotopic (exact) mass is 489 g/mol. The second-order valence-corrected chi connectivity index (χ2v) is 8.72. The molecule has 2 aromatic heterocycles. The van der Waals surface area contributed by atoms with Gasteiger partial charge >= 0.3 is 0 Å². The second-order valence-electron chi connectivity index (χ2n) is 8.72. The van der Waals surface area contributed by atoms with Crippen molar-refractivity contribution < 1.29 is 23.4 Å². The molecule has 0 radical (unpaired) electrons. The molecule has 1 unspecified atom stereocenters. The quantitative estimate of drug-likeness (QED) is 0.275. The molecular weight excluding hydrogens is 458 g/mol. The summed E-state index contributed by atoms with van der Waals surface area (Å²) in [6, 6.07) is 13.6. The predicted molar refractivity (Wildman–Crippen MR) is 138 cm³/mol. The molecule has 1 atom stereocenters. The number of aromatic nitrogens is 2. The Morgan fingerprint density at radius 2 is 1.94 bits per heavy atom. The van der Waals surface area contributed by atoms with E-state index in [2.05, 4.69) is 29.1 Å². The molecule has 0 saturated carbocycles. The van der Waals surface area contributed by atoms with E-state index in [1.165, 1.54) is 6.33 Å². The van der Waals surface area contributed by atoms with Crippen molar-refractivity contribution in [3.05, 3.63) is 55.1 Å². The summed E-state index contributed by atoms with van der Waals surface area (Å²) in [5, 5.41) is 4.30. The Labute approximate surface area is 210 Å². The van der Waals surface area contributed by atoms with E-state index in [0.29, 0.717) is 30.5 Å². The van der Waals surface area contributed by atoms with Crippen molar-refractivity contribution in [2.45, 2.75) is 45.3 Å². The van der Waals surface area contributed by atoms with Crippen molar-refractivity contribution in [1.82, 2.24) is 9.97 Å². The molecular formula is C28H31N3O5. The van der Waals surface area contributed by atoms with Gasteiger partial charge < -0.3 is 28.7 Å². The zero-order chi connectivity index (χ0) is 24.9. The summed E-state index contributed by atoms with van der Waals surface area (Å²) in [7, 11) is 1.64. The van der Waals surface area contributed by atoms with Crippen LogP contribution in [0.25, 0.3) is 22.2 Å². The molecule has 0 spiro atoms. The molecule has 8 heteroatoms. The molecule has 1 aliphatic heterocycles. The lowest BCUT2D eigenvalue weighted by molar-refractivity contribution is 0.142. The molecule has 3 heterocycles. The first-order valence-corrected chi connectivity index (χ1v) is 12.4. The Balaban J connectivity index is 1.55. The largest absolute Gasteiger partial charge is 0.493 e. The number of nitrogens with zero attached hydrogens (tertiary/aromatic N) is 2. The Bertz CT molecular complexity index is 1300. The van der Waals surface area contributed by atoms with Crippen LogP contribution in [0.4, 0.5) is 11.5 Å². The van der Waals surface area contributed by atoms with Gasteiger partial charge in [-0.3, -0.25) is 0 Å². The fourth-order valence-electron chi connectivity index (χ4n) is 4.29. The van der Waals surface area contributed by atoms with Gasteiger partial charge in [0.25, 0.3) is 0 Å². The Morgan fingerprint density at radius 3 is 2.67 bits per heavy atom. The average molecular weight is 490 g/mol. The van der Waals surface area contributed by atoms with Crippen LogP contribution < -0.4 is 19.5 Å². The summed E-state index contributed by atoms with van der Waals surface area (Å²) in [5.74, 6) is 3.44. The molecule has 36 heavy (non-hydrogen) atoms. The van der Waals surface area contributed by atoms with E-state index in [1.54, 1.807) is 13.4 Å². The van der Waals surface area contributed by atoms with E-state index in [0.717, 1.165) is 52.9 Å². The van der Waals surface area contributed by atoms with Crippen molar-refractivity contribution in [3.8, 4) is 28.6 Å². The maximum Gasteiger partial charge on any atom is 0.162 e. The normalized spacial score (nSPS) is 15.4. The highest BCUT2D eigenvalue weighted by Gasteiger charge is 2.21. The van der Waals surface area contributed by atoms with Crippen LogP contribution in [0.5, 0.6) is 17.2 Å². The van der Waals surface area contributed by atoms with Crippen LogP contribution in [-0.2, 0) is 4.74 Å². The van der Waals surface area contributed by atoms with E-state index in [4.69, 9.17) is 23.4 Å². The maximum atomic E-state index is 6.30. The first kappa shape index (κ1) is 23.9. The molecule has 1 N–H and O–H groups in total. The molecule has 1 saturated heterocycles. The molecule has 188 valence electrons. The molecule has 1 fully saturated rings. The Hall–Kier alpha value is -3.78. The third-order valence-electron chi connectivity index (χ3n) is 6.34. The number of benzene rings is 2. The fourth-order valence-corrected chi connectivity index (χ4v) is 4.29. The minimum Gasteiger partial charge on any atom is -0.493 e. The summed E-state index contributed by atoms with van der Waals surface area (Å²) < 4.78 is 29.3. The van der Waals surface area contributed by atoms with Crippen LogP contribution in [-0.4, -0.2) is 42.5 Å². The topological polar surface area (TPSA) is 87.9 Å². The highest BCUT2D eigenvalue weighted by molar-refractivity contribution is 5.93. The van der Waals surface area contributed by atoms with Crippen molar-refractivity contribution in [1.29, 1.82) is 0 Å². The fraction of sp³-hybridized carbons (Fsp3) is 0.357. The summed E-state index contributed by atoms with van der Waals surface area (Å²) in [6.45, 7) is 5.50. The van der Waals surface area contributed by atoms with Crippen LogP contribution in [0.3, 0.4) is 0 Å². The first-order valence-electron chi connectivity index (χ1n) is 12.4. The molecule has 2 aromatic carbocycles. The highest BCUT2D eigenvalue weighted by atomic mass is 16.5. The maximum absolute atomic E-state index is 6.30. The van der Waals surface area contributed by atoms with E-state index < -0.39 is 0 Å². The van der Waals surface area contributed by atoms with E-state index in [9.17, 15) is 0 Å². The van der Waals surface area contributed by atoms with Crippen LogP contribution in [0.2, 0.25) is 0 Å². The smallest absolute Gasteiger partial charge is 0.162 e. The van der Waals surface area contributed by atoms with E-state index in [1.807, 2.05) is 42.5 Å². The number of fused-ring (bicyclic) bond motifs is 1. The molecule has 4 aromatic rings. The summed E-state index contributed by atoms with van der Waals surface area (Å²) in [4.78, 5) is 9.03. The number of anilines is 2. The average Bonchev–Trinajstić information content (AvgIpc) is 3.63. The van der Waals surface area contributed by atoms with Crippen LogP contribution in [0, 0.1) is 0 Å². The molecule has 8 nitrogen and oxygen atoms in total. The first-order chi connectivity index (χ1) is 17.7. The minimum absolute atomic E-state index is 0.00596. The molecule has 0 bridgehead atoms. The molecule has 0 amide bonds. The van der Waals surface area contributed by atoms with Gasteiger partial charge in [-0.2, -0.15) is 0 Å². The van der Waals surface area contributed by atoms with Gasteiger partial charge in [-0.15, -0.1) is 0 Å². The predicted octanol–water partition coefficient (Wildman–Crippen LogP) is 6.38. The standard InChI is InChI=1S/C28H31N3O5/c1-4-19(5-2)35-27-14-21-22(15-26(27)32-3)29-17-30-28(21)31-23-13-18(24-7-6-11-34-24)8-9-25(23)36-20-10-12-33-16-20/h6-9,11,13-15,17,19-20H,4-5,10,12,16H2,1-3H3,(H,29,30,31). The van der Waals surface area contributed by atoms with E-state index in [-0.39, 0.29) is 12.2 Å². The number of ether oxygens (including phenoxy) is 4. The lowest BCUT2D eigenvalue weighted by Crippen LogP contribution is -2.16.